The Kier molecular flexibility index (Phi) is 2.96. The quantitative estimate of drug-likeness (QED) is 0.379. The van der Waals surface area contributed by atoms with E-state index in [1.54, 1.807) is 0 Å². The van der Waals surface area contributed by atoms with Crippen LogP contribution >= 0.6 is 0 Å². The lowest BCUT2D eigenvalue weighted by molar-refractivity contribution is 0.671. The van der Waals surface area contributed by atoms with Gasteiger partial charge in [0.1, 0.15) is 19.0 Å². The van der Waals surface area contributed by atoms with E-state index in [4.69, 9.17) is 4.42 Å². The molecule has 0 spiro atoms. The molecule has 0 N–H and O–H groups in total. The van der Waals surface area contributed by atoms with Crippen LogP contribution < -0.4 is 5.46 Å². The largest absolute Gasteiger partial charge is 0.457 e. The van der Waals surface area contributed by atoms with Gasteiger partial charge in [-0.2, -0.15) is 0 Å². The molecule has 1 heterocycles. The molecule has 0 radical (unpaired) electrons. The Morgan fingerprint density at radius 2 is 1.48 bits per heavy atom. The Morgan fingerprint density at radius 3 is 2.44 bits per heavy atom. The summed E-state index contributed by atoms with van der Waals surface area (Å²) in [5, 5.41) is 2.38. The molecule has 2 heteroatoms. The SMILES string of the molecule is Bc1cccc2c1oc1ccc(-c3ccc4c(c3)Cc3ccccc3-4)cc12. The van der Waals surface area contributed by atoms with Crippen LogP contribution in [0.5, 0.6) is 0 Å². The highest BCUT2D eigenvalue weighted by atomic mass is 16.3. The second kappa shape index (κ2) is 5.37. The molecule has 0 atom stereocenters. The van der Waals surface area contributed by atoms with E-state index < -0.39 is 0 Å². The van der Waals surface area contributed by atoms with Crippen molar-refractivity contribution in [2.75, 3.05) is 0 Å². The minimum Gasteiger partial charge on any atom is -0.457 e. The van der Waals surface area contributed by atoms with E-state index in [0.29, 0.717) is 0 Å². The van der Waals surface area contributed by atoms with Gasteiger partial charge in [0.05, 0.1) is 0 Å². The van der Waals surface area contributed by atoms with Gasteiger partial charge in [-0.05, 0) is 57.4 Å². The smallest absolute Gasteiger partial charge is 0.144 e. The highest BCUT2D eigenvalue weighted by molar-refractivity contribution is 6.39. The molecule has 27 heavy (non-hydrogen) atoms. The van der Waals surface area contributed by atoms with Crippen LogP contribution in [0.15, 0.2) is 83.3 Å². The first-order valence-corrected chi connectivity index (χ1v) is 9.41. The fourth-order valence-corrected chi connectivity index (χ4v) is 4.44. The summed E-state index contributed by atoms with van der Waals surface area (Å²) in [6.07, 6.45) is 1.02. The van der Waals surface area contributed by atoms with Crippen LogP contribution in [-0.4, -0.2) is 7.85 Å². The highest BCUT2D eigenvalue weighted by Crippen LogP contribution is 2.39. The Hall–Kier alpha value is -3.26. The van der Waals surface area contributed by atoms with Crippen LogP contribution in [0.4, 0.5) is 0 Å². The fourth-order valence-electron chi connectivity index (χ4n) is 4.44. The third kappa shape index (κ3) is 2.13. The molecule has 1 aliphatic rings. The Bertz CT molecular complexity index is 1360. The molecule has 0 amide bonds. The monoisotopic (exact) mass is 344 g/mol. The lowest BCUT2D eigenvalue weighted by Gasteiger charge is -2.06. The summed E-state index contributed by atoms with van der Waals surface area (Å²) in [5.74, 6) is 0. The van der Waals surface area contributed by atoms with Gasteiger partial charge in [0.25, 0.3) is 0 Å². The van der Waals surface area contributed by atoms with Crippen LogP contribution in [0.25, 0.3) is 44.2 Å². The van der Waals surface area contributed by atoms with Crippen LogP contribution in [0.2, 0.25) is 0 Å². The van der Waals surface area contributed by atoms with Crippen molar-refractivity contribution in [2.45, 2.75) is 6.42 Å². The summed E-state index contributed by atoms with van der Waals surface area (Å²) in [6, 6.07) is 28.5. The normalized spacial score (nSPS) is 12.4. The molecule has 0 aliphatic heterocycles. The van der Waals surface area contributed by atoms with Crippen molar-refractivity contribution in [1.82, 2.24) is 0 Å². The molecule has 126 valence electrons. The summed E-state index contributed by atoms with van der Waals surface area (Å²) in [4.78, 5) is 0. The van der Waals surface area contributed by atoms with E-state index in [-0.39, 0.29) is 0 Å². The Labute approximate surface area is 158 Å². The van der Waals surface area contributed by atoms with Gasteiger partial charge in [-0.3, -0.25) is 0 Å². The molecule has 0 fully saturated rings. The maximum absolute atomic E-state index is 6.09. The first kappa shape index (κ1) is 14.9. The predicted octanol–water partition coefficient (Wildman–Crippen LogP) is 5.08. The number of para-hydroxylation sites is 1. The first-order chi connectivity index (χ1) is 13.3. The maximum atomic E-state index is 6.09. The topological polar surface area (TPSA) is 13.1 Å². The van der Waals surface area contributed by atoms with Gasteiger partial charge in [-0.25, -0.2) is 0 Å². The third-order valence-corrected chi connectivity index (χ3v) is 5.82. The average Bonchev–Trinajstić information content (AvgIpc) is 3.26. The number of hydrogen-bond acceptors (Lipinski definition) is 1. The van der Waals surface area contributed by atoms with Crippen molar-refractivity contribution in [1.29, 1.82) is 0 Å². The summed E-state index contributed by atoms with van der Waals surface area (Å²) >= 11 is 0. The summed E-state index contributed by atoms with van der Waals surface area (Å²) < 4.78 is 6.09. The van der Waals surface area contributed by atoms with E-state index in [0.717, 1.165) is 17.6 Å². The Morgan fingerprint density at radius 1 is 0.667 bits per heavy atom. The van der Waals surface area contributed by atoms with Crippen molar-refractivity contribution in [3.8, 4) is 22.3 Å². The van der Waals surface area contributed by atoms with Gasteiger partial charge in [0.15, 0.2) is 0 Å². The molecule has 6 rings (SSSR count). The lowest BCUT2D eigenvalue weighted by atomic mass is 9.93. The zero-order valence-corrected chi connectivity index (χ0v) is 15.1. The van der Waals surface area contributed by atoms with Crippen LogP contribution in [0.1, 0.15) is 11.1 Å². The molecule has 4 aromatic carbocycles. The number of rotatable bonds is 1. The molecule has 0 bridgehead atoms. The van der Waals surface area contributed by atoms with E-state index in [1.165, 1.54) is 49.6 Å². The molecular formula is C25H17BO. The number of hydrogen-bond donors (Lipinski definition) is 0. The number of benzene rings is 4. The standard InChI is InChI=1S/C25H17BO/c26-23-7-3-6-21-22-14-16(9-11-24(22)27-25(21)23)15-8-10-20-18(12-15)13-17-4-1-2-5-19(17)20/h1-12,14H,13,26H2. The molecule has 5 aromatic rings. The third-order valence-electron chi connectivity index (χ3n) is 5.82. The molecular weight excluding hydrogens is 327 g/mol. The van der Waals surface area contributed by atoms with Gasteiger partial charge in [0, 0.05) is 10.8 Å². The van der Waals surface area contributed by atoms with Gasteiger partial charge < -0.3 is 4.42 Å². The molecule has 0 unspecified atom stereocenters. The highest BCUT2D eigenvalue weighted by Gasteiger charge is 2.18. The number of furan rings is 1. The number of fused-ring (bicyclic) bond motifs is 6. The first-order valence-electron chi connectivity index (χ1n) is 9.41. The second-order valence-electron chi connectivity index (χ2n) is 7.47. The van der Waals surface area contributed by atoms with E-state index in [2.05, 4.69) is 86.7 Å². The molecule has 1 aromatic heterocycles. The van der Waals surface area contributed by atoms with E-state index in [1.807, 2.05) is 0 Å². The van der Waals surface area contributed by atoms with Gasteiger partial charge in [-0.1, -0.05) is 66.7 Å². The summed E-state index contributed by atoms with van der Waals surface area (Å²) in [7, 11) is 2.10. The van der Waals surface area contributed by atoms with Crippen molar-refractivity contribution >= 4 is 35.2 Å². The molecule has 1 nitrogen and oxygen atoms in total. The fraction of sp³-hybridized carbons (Fsp3) is 0.0400. The van der Waals surface area contributed by atoms with Crippen molar-refractivity contribution < 1.29 is 4.42 Å². The predicted molar refractivity (Wildman–Crippen MR) is 116 cm³/mol. The van der Waals surface area contributed by atoms with Crippen LogP contribution in [0, 0.1) is 0 Å². The summed E-state index contributed by atoms with van der Waals surface area (Å²) in [5.41, 5.74) is 11.2. The van der Waals surface area contributed by atoms with Crippen molar-refractivity contribution in [3.63, 3.8) is 0 Å². The summed E-state index contributed by atoms with van der Waals surface area (Å²) in [6.45, 7) is 0. The minimum absolute atomic E-state index is 0.955. The lowest BCUT2D eigenvalue weighted by Crippen LogP contribution is -2.00. The molecule has 0 saturated carbocycles. The van der Waals surface area contributed by atoms with Gasteiger partial charge in [-0.15, -0.1) is 0 Å². The van der Waals surface area contributed by atoms with E-state index in [9.17, 15) is 0 Å². The van der Waals surface area contributed by atoms with E-state index >= 15 is 0 Å². The Balaban J connectivity index is 1.51. The maximum Gasteiger partial charge on any atom is 0.144 e. The zero-order valence-electron chi connectivity index (χ0n) is 15.1. The molecule has 0 saturated heterocycles. The van der Waals surface area contributed by atoms with Crippen molar-refractivity contribution in [2.24, 2.45) is 0 Å². The van der Waals surface area contributed by atoms with Gasteiger partial charge in [0.2, 0.25) is 0 Å². The van der Waals surface area contributed by atoms with Crippen LogP contribution in [-0.2, 0) is 6.42 Å². The van der Waals surface area contributed by atoms with Crippen molar-refractivity contribution in [3.05, 3.63) is 90.0 Å². The van der Waals surface area contributed by atoms with Gasteiger partial charge >= 0.3 is 0 Å². The molecule has 1 aliphatic carbocycles. The minimum atomic E-state index is 0.955. The average molecular weight is 344 g/mol. The second-order valence-corrected chi connectivity index (χ2v) is 7.47. The van der Waals surface area contributed by atoms with Crippen LogP contribution in [0.3, 0.4) is 0 Å². The zero-order chi connectivity index (χ0) is 18.0.